The van der Waals surface area contributed by atoms with E-state index in [1.165, 1.54) is 0 Å². The van der Waals surface area contributed by atoms with E-state index in [-0.39, 0.29) is 17.9 Å². The normalized spacial score (nSPS) is 11.2. The fraction of sp³-hybridized carbons (Fsp3) is 0.533. The monoisotopic (exact) mass is 279 g/mol. The number of benzene rings is 1. The Morgan fingerprint density at radius 3 is 2.70 bits per heavy atom. The first-order valence-electron chi connectivity index (χ1n) is 6.92. The fourth-order valence-electron chi connectivity index (χ4n) is 1.84. The average molecular weight is 279 g/mol. The van der Waals surface area contributed by atoms with Gasteiger partial charge in [0.2, 0.25) is 0 Å². The summed E-state index contributed by atoms with van der Waals surface area (Å²) in [6.45, 7) is 7.45. The van der Waals surface area contributed by atoms with Crippen LogP contribution in [0, 0.1) is 5.41 Å². The summed E-state index contributed by atoms with van der Waals surface area (Å²) in [5.74, 6) is -0.106. The van der Waals surface area contributed by atoms with Crippen LogP contribution < -0.4 is 16.4 Å². The topological polar surface area (TPSA) is 87.4 Å². The molecule has 1 amide bonds. The average Bonchev–Trinajstić information content (AvgIpc) is 2.38. The van der Waals surface area contributed by atoms with Crippen molar-refractivity contribution in [3.05, 3.63) is 23.8 Å². The molecule has 0 spiro atoms. The van der Waals surface area contributed by atoms with Gasteiger partial charge in [0.15, 0.2) is 0 Å². The van der Waals surface area contributed by atoms with Crippen molar-refractivity contribution in [3.8, 4) is 0 Å². The van der Waals surface area contributed by atoms with E-state index in [4.69, 9.17) is 10.8 Å². The molecule has 0 saturated carbocycles. The maximum absolute atomic E-state index is 11.8. The molecule has 0 aliphatic rings. The van der Waals surface area contributed by atoms with Gasteiger partial charge in [0.1, 0.15) is 0 Å². The standard InChI is InChI=1S/C15H25N3O2/c1-4-17-14(20)11-5-6-12(16)13(9-11)18-10-15(2,3)7-8-19/h5-6,9,18-19H,4,7-8,10,16H2,1-3H3,(H,17,20). The van der Waals surface area contributed by atoms with Gasteiger partial charge >= 0.3 is 0 Å². The maximum atomic E-state index is 11.8. The lowest BCUT2D eigenvalue weighted by Crippen LogP contribution is -2.25. The zero-order valence-corrected chi connectivity index (χ0v) is 12.5. The highest BCUT2D eigenvalue weighted by Crippen LogP contribution is 2.24. The molecule has 5 nitrogen and oxygen atoms in total. The Hall–Kier alpha value is -1.75. The summed E-state index contributed by atoms with van der Waals surface area (Å²) < 4.78 is 0. The summed E-state index contributed by atoms with van der Waals surface area (Å²) in [5, 5.41) is 15.0. The third kappa shape index (κ3) is 4.74. The molecular formula is C15H25N3O2. The predicted molar refractivity (Wildman–Crippen MR) is 82.8 cm³/mol. The van der Waals surface area contributed by atoms with E-state index in [0.29, 0.717) is 30.8 Å². The first-order valence-corrected chi connectivity index (χ1v) is 6.92. The molecule has 5 N–H and O–H groups in total. The summed E-state index contributed by atoms with van der Waals surface area (Å²) in [6, 6.07) is 5.20. The number of anilines is 2. The van der Waals surface area contributed by atoms with Crippen LogP contribution in [0.15, 0.2) is 18.2 Å². The van der Waals surface area contributed by atoms with Crippen LogP contribution in [0.4, 0.5) is 11.4 Å². The molecule has 20 heavy (non-hydrogen) atoms. The maximum Gasteiger partial charge on any atom is 0.251 e. The molecule has 0 aromatic heterocycles. The van der Waals surface area contributed by atoms with Crippen LogP contribution in [0.5, 0.6) is 0 Å². The number of carbonyl (C=O) groups is 1. The number of aliphatic hydroxyl groups is 1. The number of amides is 1. The Morgan fingerprint density at radius 1 is 1.40 bits per heavy atom. The van der Waals surface area contributed by atoms with Gasteiger partial charge in [-0.05, 0) is 37.0 Å². The molecule has 0 aliphatic carbocycles. The summed E-state index contributed by atoms with van der Waals surface area (Å²) in [7, 11) is 0. The van der Waals surface area contributed by atoms with Crippen LogP contribution in [-0.4, -0.2) is 30.7 Å². The highest BCUT2D eigenvalue weighted by Gasteiger charge is 2.17. The first kappa shape index (κ1) is 16.3. The third-order valence-corrected chi connectivity index (χ3v) is 3.20. The van der Waals surface area contributed by atoms with Crippen LogP contribution in [0.25, 0.3) is 0 Å². The Balaban J connectivity index is 2.79. The van der Waals surface area contributed by atoms with Crippen LogP contribution in [-0.2, 0) is 0 Å². The Bertz CT molecular complexity index is 458. The second-order valence-electron chi connectivity index (χ2n) is 5.65. The molecule has 0 aliphatic heterocycles. The van der Waals surface area contributed by atoms with Crippen molar-refractivity contribution in [2.75, 3.05) is 30.7 Å². The van der Waals surface area contributed by atoms with Crippen molar-refractivity contribution in [1.82, 2.24) is 5.32 Å². The molecule has 1 aromatic carbocycles. The molecule has 112 valence electrons. The molecule has 1 rings (SSSR count). The summed E-state index contributed by atoms with van der Waals surface area (Å²) in [6.07, 6.45) is 0.704. The van der Waals surface area contributed by atoms with Crippen LogP contribution in [0.1, 0.15) is 37.6 Å². The van der Waals surface area contributed by atoms with Crippen molar-refractivity contribution in [1.29, 1.82) is 0 Å². The van der Waals surface area contributed by atoms with Crippen LogP contribution in [0.3, 0.4) is 0 Å². The summed E-state index contributed by atoms with van der Waals surface area (Å²) >= 11 is 0. The second kappa shape index (κ2) is 7.14. The van der Waals surface area contributed by atoms with Crippen LogP contribution in [0.2, 0.25) is 0 Å². The Kier molecular flexibility index (Phi) is 5.82. The number of nitrogens with two attached hydrogens (primary N) is 1. The lowest BCUT2D eigenvalue weighted by atomic mass is 9.89. The zero-order valence-electron chi connectivity index (χ0n) is 12.5. The number of hydrogen-bond acceptors (Lipinski definition) is 4. The first-order chi connectivity index (χ1) is 9.39. The number of carbonyl (C=O) groups excluding carboxylic acids is 1. The lowest BCUT2D eigenvalue weighted by Gasteiger charge is -2.25. The summed E-state index contributed by atoms with van der Waals surface area (Å²) in [5.41, 5.74) is 7.83. The van der Waals surface area contributed by atoms with Gasteiger partial charge in [0, 0.05) is 25.3 Å². The summed E-state index contributed by atoms with van der Waals surface area (Å²) in [4.78, 5) is 11.8. The quantitative estimate of drug-likeness (QED) is 0.574. The van der Waals surface area contributed by atoms with E-state index < -0.39 is 0 Å². The van der Waals surface area contributed by atoms with Gasteiger partial charge < -0.3 is 21.5 Å². The molecule has 0 fully saturated rings. The third-order valence-electron chi connectivity index (χ3n) is 3.20. The molecule has 0 radical (unpaired) electrons. The van der Waals surface area contributed by atoms with Gasteiger partial charge in [-0.1, -0.05) is 13.8 Å². The minimum atomic E-state index is -0.106. The van der Waals surface area contributed by atoms with Gasteiger partial charge in [0.25, 0.3) is 5.91 Å². The number of rotatable bonds is 7. The molecule has 1 aromatic rings. The van der Waals surface area contributed by atoms with E-state index in [0.717, 1.165) is 5.69 Å². The molecule has 0 bridgehead atoms. The smallest absolute Gasteiger partial charge is 0.251 e. The Morgan fingerprint density at radius 2 is 2.10 bits per heavy atom. The van der Waals surface area contributed by atoms with E-state index in [1.807, 2.05) is 6.92 Å². The minimum absolute atomic E-state index is 0.0388. The predicted octanol–water partition coefficient (Wildman–Crippen LogP) is 1.84. The van der Waals surface area contributed by atoms with E-state index >= 15 is 0 Å². The van der Waals surface area contributed by atoms with E-state index in [2.05, 4.69) is 24.5 Å². The molecular weight excluding hydrogens is 254 g/mol. The lowest BCUT2D eigenvalue weighted by molar-refractivity contribution is 0.0956. The molecule has 0 atom stereocenters. The van der Waals surface area contributed by atoms with Crippen molar-refractivity contribution in [2.45, 2.75) is 27.2 Å². The van der Waals surface area contributed by atoms with Gasteiger partial charge in [-0.2, -0.15) is 0 Å². The molecule has 0 unspecified atom stereocenters. The van der Waals surface area contributed by atoms with Gasteiger partial charge in [0.05, 0.1) is 11.4 Å². The largest absolute Gasteiger partial charge is 0.397 e. The van der Waals surface area contributed by atoms with Crippen molar-refractivity contribution in [2.24, 2.45) is 5.41 Å². The molecule has 0 saturated heterocycles. The number of hydrogen-bond donors (Lipinski definition) is 4. The van der Waals surface area contributed by atoms with Crippen molar-refractivity contribution >= 4 is 17.3 Å². The second-order valence-corrected chi connectivity index (χ2v) is 5.65. The van der Waals surface area contributed by atoms with Crippen molar-refractivity contribution in [3.63, 3.8) is 0 Å². The minimum Gasteiger partial charge on any atom is -0.397 e. The van der Waals surface area contributed by atoms with Gasteiger partial charge in [-0.25, -0.2) is 0 Å². The highest BCUT2D eigenvalue weighted by molar-refractivity contribution is 5.96. The zero-order chi connectivity index (χ0) is 15.2. The van der Waals surface area contributed by atoms with E-state index in [9.17, 15) is 4.79 Å². The number of aliphatic hydroxyl groups excluding tert-OH is 1. The fourth-order valence-corrected chi connectivity index (χ4v) is 1.84. The van der Waals surface area contributed by atoms with Gasteiger partial charge in [-0.15, -0.1) is 0 Å². The number of nitrogen functional groups attached to an aromatic ring is 1. The van der Waals surface area contributed by atoms with Crippen molar-refractivity contribution < 1.29 is 9.90 Å². The number of nitrogens with one attached hydrogen (secondary N) is 2. The SMILES string of the molecule is CCNC(=O)c1ccc(N)c(NCC(C)(C)CCO)c1. The van der Waals surface area contributed by atoms with Gasteiger partial charge in [-0.3, -0.25) is 4.79 Å². The highest BCUT2D eigenvalue weighted by atomic mass is 16.3. The van der Waals surface area contributed by atoms with E-state index in [1.54, 1.807) is 18.2 Å². The molecule has 5 heteroatoms. The Labute approximate surface area is 120 Å². The van der Waals surface area contributed by atoms with Crippen LogP contribution >= 0.6 is 0 Å². The molecule has 0 heterocycles.